The van der Waals surface area contributed by atoms with Gasteiger partial charge in [0.25, 0.3) is 0 Å². The van der Waals surface area contributed by atoms with Crippen LogP contribution in [0.3, 0.4) is 0 Å². The van der Waals surface area contributed by atoms with Crippen molar-refractivity contribution in [2.45, 2.75) is 56.9 Å². The van der Waals surface area contributed by atoms with Gasteiger partial charge in [-0.15, -0.1) is 12.3 Å². The SMILES string of the molecule is C#CCCCOCC1(N)CCCCCC1. The molecule has 0 bridgehead atoms. The van der Waals surface area contributed by atoms with Crippen LogP contribution in [0.4, 0.5) is 0 Å². The van der Waals surface area contributed by atoms with Gasteiger partial charge in [-0.2, -0.15) is 0 Å². The van der Waals surface area contributed by atoms with E-state index >= 15 is 0 Å². The summed E-state index contributed by atoms with van der Waals surface area (Å²) in [5.74, 6) is 2.61. The topological polar surface area (TPSA) is 35.2 Å². The van der Waals surface area contributed by atoms with Gasteiger partial charge >= 0.3 is 0 Å². The van der Waals surface area contributed by atoms with Gasteiger partial charge in [-0.25, -0.2) is 0 Å². The average Bonchev–Trinajstić information content (AvgIpc) is 2.43. The standard InChI is InChI=1S/C13H23NO/c1-2-3-8-11-15-12-13(14)9-6-4-5-7-10-13/h1H,3-12,14H2. The van der Waals surface area contributed by atoms with Crippen molar-refractivity contribution in [3.63, 3.8) is 0 Å². The first-order valence-corrected chi connectivity index (χ1v) is 6.07. The van der Waals surface area contributed by atoms with Crippen LogP contribution in [-0.4, -0.2) is 18.8 Å². The summed E-state index contributed by atoms with van der Waals surface area (Å²) in [6, 6.07) is 0. The summed E-state index contributed by atoms with van der Waals surface area (Å²) in [6.45, 7) is 1.46. The van der Waals surface area contributed by atoms with Crippen LogP contribution in [0.2, 0.25) is 0 Å². The van der Waals surface area contributed by atoms with Gasteiger partial charge in [0.2, 0.25) is 0 Å². The Bertz CT molecular complexity index is 199. The number of hydrogen-bond acceptors (Lipinski definition) is 2. The summed E-state index contributed by atoms with van der Waals surface area (Å²) < 4.78 is 5.61. The van der Waals surface area contributed by atoms with E-state index in [1.807, 2.05) is 0 Å². The molecule has 2 nitrogen and oxygen atoms in total. The van der Waals surface area contributed by atoms with Crippen molar-refractivity contribution in [3.05, 3.63) is 0 Å². The molecule has 2 heteroatoms. The summed E-state index contributed by atoms with van der Waals surface area (Å²) in [7, 11) is 0. The molecule has 15 heavy (non-hydrogen) atoms. The summed E-state index contributed by atoms with van der Waals surface area (Å²) in [4.78, 5) is 0. The zero-order valence-electron chi connectivity index (χ0n) is 9.63. The van der Waals surface area contributed by atoms with Gasteiger partial charge in [0.05, 0.1) is 6.61 Å². The minimum absolute atomic E-state index is 0.0629. The van der Waals surface area contributed by atoms with Crippen molar-refractivity contribution in [1.82, 2.24) is 0 Å². The molecule has 0 aromatic rings. The lowest BCUT2D eigenvalue weighted by molar-refractivity contribution is 0.0770. The van der Waals surface area contributed by atoms with E-state index in [-0.39, 0.29) is 5.54 Å². The van der Waals surface area contributed by atoms with E-state index in [0.29, 0.717) is 6.61 Å². The predicted molar refractivity (Wildman–Crippen MR) is 63.5 cm³/mol. The van der Waals surface area contributed by atoms with Gasteiger partial charge in [-0.05, 0) is 19.3 Å². The largest absolute Gasteiger partial charge is 0.380 e. The minimum atomic E-state index is -0.0629. The summed E-state index contributed by atoms with van der Waals surface area (Å²) in [5, 5.41) is 0. The number of rotatable bonds is 5. The fourth-order valence-electron chi connectivity index (χ4n) is 2.13. The Hall–Kier alpha value is -0.520. The third-order valence-corrected chi connectivity index (χ3v) is 3.10. The molecule has 2 N–H and O–H groups in total. The molecule has 1 fully saturated rings. The molecule has 86 valence electrons. The highest BCUT2D eigenvalue weighted by Crippen LogP contribution is 2.25. The molecule has 1 aliphatic carbocycles. The Balaban J connectivity index is 2.14. The molecular formula is C13H23NO. The molecule has 1 rings (SSSR count). The number of unbranched alkanes of at least 4 members (excludes halogenated alkanes) is 1. The smallest absolute Gasteiger partial charge is 0.0646 e. The second-order valence-electron chi connectivity index (χ2n) is 4.64. The summed E-state index contributed by atoms with van der Waals surface area (Å²) in [6.07, 6.45) is 14.3. The average molecular weight is 209 g/mol. The van der Waals surface area contributed by atoms with Gasteiger partial charge in [0.15, 0.2) is 0 Å². The molecule has 0 radical (unpaired) electrons. The fourth-order valence-corrected chi connectivity index (χ4v) is 2.13. The molecule has 1 saturated carbocycles. The van der Waals surface area contributed by atoms with Crippen molar-refractivity contribution in [3.8, 4) is 12.3 Å². The van der Waals surface area contributed by atoms with Crippen LogP contribution in [0.15, 0.2) is 0 Å². The van der Waals surface area contributed by atoms with Crippen molar-refractivity contribution < 1.29 is 4.74 Å². The maximum absolute atomic E-state index is 6.31. The van der Waals surface area contributed by atoms with E-state index in [2.05, 4.69) is 5.92 Å². The highest BCUT2D eigenvalue weighted by Gasteiger charge is 2.26. The zero-order chi connectivity index (χ0) is 11.0. The van der Waals surface area contributed by atoms with Gasteiger partial charge in [0, 0.05) is 18.6 Å². The Kier molecular flexibility index (Phi) is 5.75. The molecule has 0 unspecified atom stereocenters. The molecule has 0 spiro atoms. The highest BCUT2D eigenvalue weighted by atomic mass is 16.5. The fraction of sp³-hybridized carbons (Fsp3) is 0.846. The first kappa shape index (κ1) is 12.5. The van der Waals surface area contributed by atoms with Crippen LogP contribution >= 0.6 is 0 Å². The van der Waals surface area contributed by atoms with Crippen molar-refractivity contribution in [2.24, 2.45) is 5.73 Å². The van der Waals surface area contributed by atoms with Gasteiger partial charge in [-0.3, -0.25) is 0 Å². The molecule has 0 amide bonds. The van der Waals surface area contributed by atoms with Crippen LogP contribution in [0, 0.1) is 12.3 Å². The van der Waals surface area contributed by atoms with Crippen LogP contribution in [0.25, 0.3) is 0 Å². The first-order chi connectivity index (χ1) is 7.27. The second-order valence-corrected chi connectivity index (χ2v) is 4.64. The predicted octanol–water partition coefficient (Wildman–Crippen LogP) is 2.47. The van der Waals surface area contributed by atoms with E-state index in [9.17, 15) is 0 Å². The Morgan fingerprint density at radius 2 is 1.87 bits per heavy atom. The van der Waals surface area contributed by atoms with Gasteiger partial charge in [0.1, 0.15) is 0 Å². The molecule has 0 atom stereocenters. The molecule has 0 heterocycles. The number of nitrogens with two attached hydrogens (primary N) is 1. The minimum Gasteiger partial charge on any atom is -0.380 e. The lowest BCUT2D eigenvalue weighted by Gasteiger charge is -2.27. The maximum Gasteiger partial charge on any atom is 0.0646 e. The lowest BCUT2D eigenvalue weighted by Crippen LogP contribution is -2.44. The van der Waals surface area contributed by atoms with Crippen molar-refractivity contribution in [1.29, 1.82) is 0 Å². The Morgan fingerprint density at radius 1 is 1.20 bits per heavy atom. The molecular weight excluding hydrogens is 186 g/mol. The maximum atomic E-state index is 6.31. The molecule has 0 saturated heterocycles. The van der Waals surface area contributed by atoms with Crippen LogP contribution in [0.1, 0.15) is 51.4 Å². The molecule has 1 aliphatic rings. The molecule has 0 aromatic carbocycles. The number of terminal acetylenes is 1. The molecule has 0 aliphatic heterocycles. The van der Waals surface area contributed by atoms with E-state index in [1.54, 1.807) is 0 Å². The zero-order valence-corrected chi connectivity index (χ0v) is 9.63. The highest BCUT2D eigenvalue weighted by molar-refractivity contribution is 4.86. The Labute approximate surface area is 93.6 Å². The normalized spacial score (nSPS) is 20.5. The summed E-state index contributed by atoms with van der Waals surface area (Å²) >= 11 is 0. The van der Waals surface area contributed by atoms with E-state index < -0.39 is 0 Å². The number of hydrogen-bond donors (Lipinski definition) is 1. The van der Waals surface area contributed by atoms with E-state index in [0.717, 1.165) is 32.3 Å². The van der Waals surface area contributed by atoms with Crippen LogP contribution < -0.4 is 5.73 Å². The number of ether oxygens (including phenoxy) is 1. The van der Waals surface area contributed by atoms with Gasteiger partial charge < -0.3 is 10.5 Å². The van der Waals surface area contributed by atoms with Crippen LogP contribution in [0.5, 0.6) is 0 Å². The van der Waals surface area contributed by atoms with Gasteiger partial charge in [-0.1, -0.05) is 25.7 Å². The second kappa shape index (κ2) is 6.87. The quantitative estimate of drug-likeness (QED) is 0.429. The van der Waals surface area contributed by atoms with Crippen LogP contribution in [-0.2, 0) is 4.74 Å². The third kappa shape index (κ3) is 5.20. The van der Waals surface area contributed by atoms with E-state index in [4.69, 9.17) is 16.9 Å². The Morgan fingerprint density at radius 3 is 2.47 bits per heavy atom. The molecule has 0 aromatic heterocycles. The van der Waals surface area contributed by atoms with Crippen molar-refractivity contribution >= 4 is 0 Å². The first-order valence-electron chi connectivity index (χ1n) is 6.07. The summed E-state index contributed by atoms with van der Waals surface area (Å²) in [5.41, 5.74) is 6.25. The van der Waals surface area contributed by atoms with Crippen molar-refractivity contribution in [2.75, 3.05) is 13.2 Å². The monoisotopic (exact) mass is 209 g/mol. The van der Waals surface area contributed by atoms with E-state index in [1.165, 1.54) is 25.7 Å². The lowest BCUT2D eigenvalue weighted by atomic mass is 9.93. The third-order valence-electron chi connectivity index (χ3n) is 3.10.